The Morgan fingerprint density at radius 2 is 2.25 bits per heavy atom. The molecule has 0 unspecified atom stereocenters. The van der Waals surface area contributed by atoms with Crippen LogP contribution in [0.1, 0.15) is 6.42 Å². The number of hydrogen-bond acceptors (Lipinski definition) is 4. The summed E-state index contributed by atoms with van der Waals surface area (Å²) in [5, 5.41) is 0. The molecule has 5 nitrogen and oxygen atoms in total. The molecule has 3 N–H and O–H groups in total. The summed E-state index contributed by atoms with van der Waals surface area (Å²) in [6.45, 7) is 0.185. The van der Waals surface area contributed by atoms with Crippen LogP contribution in [0.4, 0.5) is 0 Å². The smallest absolute Gasteiger partial charge is 0.242 e. The van der Waals surface area contributed by atoms with E-state index in [0.29, 0.717) is 10.9 Å². The van der Waals surface area contributed by atoms with Gasteiger partial charge in [0.25, 0.3) is 0 Å². The average molecular weight is 324 g/mol. The number of pyridine rings is 1. The van der Waals surface area contributed by atoms with Gasteiger partial charge in [0.15, 0.2) is 0 Å². The van der Waals surface area contributed by atoms with Crippen LogP contribution in [0.3, 0.4) is 0 Å². The van der Waals surface area contributed by atoms with Crippen LogP contribution in [0.5, 0.6) is 0 Å². The number of sulfonamides is 1. The highest BCUT2D eigenvalue weighted by molar-refractivity contribution is 9.10. The summed E-state index contributed by atoms with van der Waals surface area (Å²) < 4.78 is 26.4. The second-order valence-corrected chi connectivity index (χ2v) is 6.16. The Bertz CT molecular complexity index is 490. The Hall–Kier alpha value is -0.570. The zero-order valence-corrected chi connectivity index (χ0v) is 11.4. The monoisotopic (exact) mass is 323 g/mol. The number of aromatic nitrogens is 1. The van der Waals surface area contributed by atoms with E-state index in [-0.39, 0.29) is 16.4 Å². The van der Waals surface area contributed by atoms with Gasteiger partial charge < -0.3 is 5.73 Å². The SMILES string of the molecule is NC(=S)CCNS(=O)(=O)c1cncc(Br)c1. The van der Waals surface area contributed by atoms with Gasteiger partial charge in [-0.1, -0.05) is 12.2 Å². The quantitative estimate of drug-likeness (QED) is 0.783. The van der Waals surface area contributed by atoms with Crippen molar-refractivity contribution in [2.75, 3.05) is 6.54 Å². The molecule has 1 heterocycles. The van der Waals surface area contributed by atoms with Crippen LogP contribution in [0.2, 0.25) is 0 Å². The van der Waals surface area contributed by atoms with Crippen molar-refractivity contribution in [2.45, 2.75) is 11.3 Å². The van der Waals surface area contributed by atoms with Gasteiger partial charge >= 0.3 is 0 Å². The third kappa shape index (κ3) is 4.12. The molecule has 0 fully saturated rings. The summed E-state index contributed by atoms with van der Waals surface area (Å²) in [5.74, 6) is 0. The predicted molar refractivity (Wildman–Crippen MR) is 68.5 cm³/mol. The maximum Gasteiger partial charge on any atom is 0.242 e. The Labute approximate surface area is 108 Å². The number of halogens is 1. The van der Waals surface area contributed by atoms with E-state index in [1.165, 1.54) is 18.5 Å². The molecule has 0 aliphatic carbocycles. The summed E-state index contributed by atoms with van der Waals surface area (Å²) in [6.07, 6.45) is 3.11. The van der Waals surface area contributed by atoms with Gasteiger partial charge in [0.2, 0.25) is 10.0 Å². The average Bonchev–Trinajstić information content (AvgIpc) is 2.16. The van der Waals surface area contributed by atoms with E-state index in [1.807, 2.05) is 0 Å². The first kappa shape index (κ1) is 13.5. The molecular weight excluding hydrogens is 314 g/mol. The molecule has 0 aliphatic rings. The lowest BCUT2D eigenvalue weighted by Crippen LogP contribution is -2.27. The van der Waals surface area contributed by atoms with E-state index in [4.69, 9.17) is 5.73 Å². The molecule has 1 aromatic heterocycles. The molecule has 88 valence electrons. The Balaban J connectivity index is 2.74. The number of nitrogens with one attached hydrogen (secondary N) is 1. The van der Waals surface area contributed by atoms with E-state index in [0.717, 1.165) is 0 Å². The molecule has 0 amide bonds. The maximum absolute atomic E-state index is 11.7. The molecule has 16 heavy (non-hydrogen) atoms. The predicted octanol–water partition coefficient (Wildman–Crippen LogP) is 0.799. The highest BCUT2D eigenvalue weighted by atomic mass is 79.9. The highest BCUT2D eigenvalue weighted by Crippen LogP contribution is 2.13. The minimum atomic E-state index is -3.54. The van der Waals surface area contributed by atoms with Gasteiger partial charge in [0.05, 0.1) is 4.99 Å². The second kappa shape index (κ2) is 5.67. The largest absolute Gasteiger partial charge is 0.393 e. The van der Waals surface area contributed by atoms with Crippen molar-refractivity contribution in [3.05, 3.63) is 22.9 Å². The van der Waals surface area contributed by atoms with Gasteiger partial charge in [-0.3, -0.25) is 4.98 Å². The van der Waals surface area contributed by atoms with Gasteiger partial charge in [-0.2, -0.15) is 0 Å². The van der Waals surface area contributed by atoms with E-state index < -0.39 is 10.0 Å². The molecule has 0 saturated carbocycles. The fraction of sp³-hybridized carbons (Fsp3) is 0.250. The maximum atomic E-state index is 11.7. The number of hydrogen-bond donors (Lipinski definition) is 2. The number of nitrogens with two attached hydrogens (primary N) is 1. The molecule has 8 heteroatoms. The lowest BCUT2D eigenvalue weighted by atomic mass is 10.4. The van der Waals surface area contributed by atoms with Crippen LogP contribution in [0, 0.1) is 0 Å². The fourth-order valence-corrected chi connectivity index (χ4v) is 2.57. The minimum absolute atomic E-state index is 0.102. The van der Waals surface area contributed by atoms with Crippen LogP contribution in [0.25, 0.3) is 0 Å². The standard InChI is InChI=1S/C8H10BrN3O2S2/c9-6-3-7(5-11-4-6)16(13,14)12-2-1-8(10)15/h3-5,12H,1-2H2,(H2,10,15). The van der Waals surface area contributed by atoms with Crippen LogP contribution in [-0.4, -0.2) is 24.9 Å². The molecule has 0 aromatic carbocycles. The third-order valence-electron chi connectivity index (χ3n) is 1.65. The number of thiocarbonyl (C=S) groups is 1. The van der Waals surface area contributed by atoms with Gasteiger partial charge in [-0.25, -0.2) is 13.1 Å². The topological polar surface area (TPSA) is 85.1 Å². The fourth-order valence-electron chi connectivity index (χ4n) is 0.931. The van der Waals surface area contributed by atoms with Crippen molar-refractivity contribution < 1.29 is 8.42 Å². The van der Waals surface area contributed by atoms with Crippen LogP contribution in [-0.2, 0) is 10.0 Å². The summed E-state index contributed by atoms with van der Waals surface area (Å²) in [4.78, 5) is 4.15. The lowest BCUT2D eigenvalue weighted by molar-refractivity contribution is 0.582. The van der Waals surface area contributed by atoms with E-state index in [2.05, 4.69) is 37.9 Å². The summed E-state index contributed by atoms with van der Waals surface area (Å²) in [7, 11) is -3.54. The van der Waals surface area contributed by atoms with Crippen LogP contribution >= 0.6 is 28.1 Å². The first-order valence-corrected chi connectivity index (χ1v) is 6.99. The van der Waals surface area contributed by atoms with Crippen LogP contribution in [0.15, 0.2) is 27.8 Å². The van der Waals surface area contributed by atoms with Crippen molar-refractivity contribution in [1.29, 1.82) is 0 Å². The molecule has 0 spiro atoms. The summed E-state index contributed by atoms with van der Waals surface area (Å²) >= 11 is 7.79. The molecule has 0 atom stereocenters. The van der Waals surface area contributed by atoms with E-state index in [1.54, 1.807) is 0 Å². The minimum Gasteiger partial charge on any atom is -0.393 e. The molecule has 0 saturated heterocycles. The molecule has 0 aliphatic heterocycles. The third-order valence-corrected chi connectivity index (χ3v) is 3.72. The van der Waals surface area contributed by atoms with Crippen molar-refractivity contribution in [2.24, 2.45) is 5.73 Å². The zero-order chi connectivity index (χ0) is 12.2. The molecular formula is C8H10BrN3O2S2. The molecule has 0 radical (unpaired) electrons. The molecule has 0 bridgehead atoms. The Morgan fingerprint density at radius 3 is 2.81 bits per heavy atom. The van der Waals surface area contributed by atoms with Gasteiger partial charge in [-0.15, -0.1) is 0 Å². The normalized spacial score (nSPS) is 11.3. The lowest BCUT2D eigenvalue weighted by Gasteiger charge is -2.05. The van der Waals surface area contributed by atoms with Crippen LogP contribution < -0.4 is 10.5 Å². The Morgan fingerprint density at radius 1 is 1.56 bits per heavy atom. The zero-order valence-electron chi connectivity index (χ0n) is 8.18. The summed E-state index contributed by atoms with van der Waals surface area (Å²) in [5.41, 5.74) is 5.26. The van der Waals surface area contributed by atoms with Crippen molar-refractivity contribution in [3.8, 4) is 0 Å². The van der Waals surface area contributed by atoms with Crippen molar-refractivity contribution >= 4 is 43.2 Å². The first-order valence-electron chi connectivity index (χ1n) is 4.30. The van der Waals surface area contributed by atoms with Crippen molar-refractivity contribution in [3.63, 3.8) is 0 Å². The summed E-state index contributed by atoms with van der Waals surface area (Å²) in [6, 6.07) is 1.47. The van der Waals surface area contributed by atoms with E-state index >= 15 is 0 Å². The van der Waals surface area contributed by atoms with Gasteiger partial charge in [-0.05, 0) is 22.0 Å². The second-order valence-electron chi connectivity index (χ2n) is 2.95. The Kier molecular flexibility index (Phi) is 4.78. The molecule has 1 rings (SSSR count). The van der Waals surface area contributed by atoms with Gasteiger partial charge in [0, 0.05) is 29.8 Å². The van der Waals surface area contributed by atoms with E-state index in [9.17, 15) is 8.42 Å². The molecule has 1 aromatic rings. The highest BCUT2D eigenvalue weighted by Gasteiger charge is 2.13. The number of rotatable bonds is 5. The van der Waals surface area contributed by atoms with Gasteiger partial charge in [0.1, 0.15) is 4.90 Å². The van der Waals surface area contributed by atoms with Crippen molar-refractivity contribution in [1.82, 2.24) is 9.71 Å². The first-order chi connectivity index (χ1) is 7.42. The number of nitrogens with zero attached hydrogens (tertiary/aromatic N) is 1.